The van der Waals surface area contributed by atoms with E-state index in [1.807, 2.05) is 78.5 Å². The lowest BCUT2D eigenvalue weighted by Crippen LogP contribution is -2.51. The number of anilines is 1. The van der Waals surface area contributed by atoms with Gasteiger partial charge in [-0.25, -0.2) is 9.97 Å². The number of nitrogens with one attached hydrogen (secondary N) is 3. The molecule has 0 aliphatic carbocycles. The summed E-state index contributed by atoms with van der Waals surface area (Å²) in [5.74, 6) is 12.1. The molecule has 0 bridgehead atoms. The van der Waals surface area contributed by atoms with E-state index >= 15 is 0 Å². The second kappa shape index (κ2) is 18.6. The van der Waals surface area contributed by atoms with E-state index in [4.69, 9.17) is 14.5 Å². The van der Waals surface area contributed by atoms with Crippen molar-refractivity contribution >= 4 is 34.1 Å². The number of ether oxygens (including phenoxy) is 2. The number of hydrogen-bond acceptors (Lipinski definition) is 9. The summed E-state index contributed by atoms with van der Waals surface area (Å²) in [6, 6.07) is 23.5. The van der Waals surface area contributed by atoms with Gasteiger partial charge >= 0.3 is 0 Å². The molecule has 2 aromatic heterocycles. The Morgan fingerprint density at radius 1 is 0.927 bits per heavy atom. The summed E-state index contributed by atoms with van der Waals surface area (Å²) >= 11 is 1.33. The third kappa shape index (κ3) is 9.78. The molecule has 0 radical (unpaired) electrons. The van der Waals surface area contributed by atoms with Crippen LogP contribution in [-0.2, 0) is 21.4 Å². The maximum Gasteiger partial charge on any atom is 0.250 e. The highest BCUT2D eigenvalue weighted by Crippen LogP contribution is 2.38. The standard InChI is InChI=1S/C42H41N7O5S/c1-29(43-2)38(50)45-36(31-20-22-33(23-21-31)54-28-13-5-4-12-27-53-32-17-10-7-11-18-32)42(52)49-25-14-19-34(49)39(51)47-40-35(30-15-8-6-9-16-30)46-41(55-40)37-44-24-26-48(37)3/h6-11,15-18,20-24,26,29,34,36,43H,14,19,25,27-28H2,1-3H3,(H,45,50)(H,47,51)/t29-,34-,36-/m0/s1. The molecule has 1 saturated heterocycles. The van der Waals surface area contributed by atoms with Crippen LogP contribution < -0.4 is 25.4 Å². The number of carbonyl (C=O) groups is 3. The summed E-state index contributed by atoms with van der Waals surface area (Å²) in [4.78, 5) is 52.4. The lowest BCUT2D eigenvalue weighted by atomic mass is 10.0. The summed E-state index contributed by atoms with van der Waals surface area (Å²) < 4.78 is 13.2. The van der Waals surface area contributed by atoms with Gasteiger partial charge in [-0.2, -0.15) is 0 Å². The Morgan fingerprint density at radius 3 is 2.22 bits per heavy atom. The molecule has 1 aliphatic rings. The molecule has 0 saturated carbocycles. The molecule has 3 N–H and O–H groups in total. The summed E-state index contributed by atoms with van der Waals surface area (Å²) in [6.07, 6.45) is 4.63. The second-order valence-corrected chi connectivity index (χ2v) is 13.6. The van der Waals surface area contributed by atoms with Crippen molar-refractivity contribution in [2.45, 2.75) is 37.9 Å². The molecular weight excluding hydrogens is 715 g/mol. The van der Waals surface area contributed by atoms with Gasteiger partial charge in [0.2, 0.25) is 17.7 Å². The SMILES string of the molecule is CN[C@@H](C)C(=O)N[C@H](C(=O)N1CCC[C@H]1C(=O)Nc1sc(-c2nccn2C)nc1-c1ccccc1)c1ccc(OCC#CC#CCOc2ccccc2)cc1. The second-order valence-electron chi connectivity index (χ2n) is 12.6. The number of thiazole rings is 1. The summed E-state index contributed by atoms with van der Waals surface area (Å²) in [7, 11) is 3.56. The van der Waals surface area contributed by atoms with Crippen LogP contribution in [0.5, 0.6) is 11.5 Å². The van der Waals surface area contributed by atoms with Gasteiger partial charge in [0.1, 0.15) is 47.5 Å². The number of likely N-dealkylation sites (N-methyl/N-ethyl adjacent to an activating group) is 1. The third-order valence-electron chi connectivity index (χ3n) is 8.94. The van der Waals surface area contributed by atoms with Crippen molar-refractivity contribution in [3.8, 4) is 57.3 Å². The van der Waals surface area contributed by atoms with Crippen LogP contribution in [0.4, 0.5) is 5.00 Å². The summed E-state index contributed by atoms with van der Waals surface area (Å²) in [5.41, 5.74) is 2.01. The van der Waals surface area contributed by atoms with Crippen LogP contribution in [0.1, 0.15) is 31.4 Å². The van der Waals surface area contributed by atoms with Gasteiger partial charge in [-0.05, 0) is 80.3 Å². The van der Waals surface area contributed by atoms with Crippen molar-refractivity contribution in [1.82, 2.24) is 30.1 Å². The van der Waals surface area contributed by atoms with Crippen molar-refractivity contribution in [3.05, 3.63) is 103 Å². The van der Waals surface area contributed by atoms with Gasteiger partial charge in [0.15, 0.2) is 10.8 Å². The maximum absolute atomic E-state index is 14.3. The largest absolute Gasteiger partial charge is 0.481 e. The number of nitrogens with zero attached hydrogens (tertiary/aromatic N) is 4. The highest BCUT2D eigenvalue weighted by Gasteiger charge is 2.39. The van der Waals surface area contributed by atoms with Crippen LogP contribution in [0.15, 0.2) is 97.3 Å². The minimum Gasteiger partial charge on any atom is -0.481 e. The smallest absolute Gasteiger partial charge is 0.250 e. The number of amides is 3. The molecule has 3 atom stereocenters. The molecular formula is C42H41N7O5S. The zero-order valence-electron chi connectivity index (χ0n) is 30.7. The molecule has 280 valence electrons. The minimum atomic E-state index is -1.04. The number of benzene rings is 3. The van der Waals surface area contributed by atoms with E-state index in [1.165, 1.54) is 11.3 Å². The van der Waals surface area contributed by atoms with Crippen LogP contribution in [-0.4, -0.2) is 76.0 Å². The van der Waals surface area contributed by atoms with Crippen molar-refractivity contribution in [3.63, 3.8) is 0 Å². The van der Waals surface area contributed by atoms with Crippen LogP contribution in [0.2, 0.25) is 0 Å². The van der Waals surface area contributed by atoms with E-state index in [2.05, 4.69) is 44.6 Å². The predicted molar refractivity (Wildman–Crippen MR) is 212 cm³/mol. The fourth-order valence-corrected chi connectivity index (χ4v) is 6.92. The molecule has 3 amide bonds. The van der Waals surface area contributed by atoms with Crippen molar-refractivity contribution in [2.24, 2.45) is 7.05 Å². The van der Waals surface area contributed by atoms with E-state index in [1.54, 1.807) is 49.3 Å². The lowest BCUT2D eigenvalue weighted by molar-refractivity contribution is -0.140. The van der Waals surface area contributed by atoms with Crippen LogP contribution in [0.25, 0.3) is 22.1 Å². The molecule has 3 heterocycles. The van der Waals surface area contributed by atoms with E-state index in [0.29, 0.717) is 52.2 Å². The summed E-state index contributed by atoms with van der Waals surface area (Å²) in [5, 5.41) is 10.1. The fraction of sp³-hybridized carbons (Fsp3) is 0.262. The van der Waals surface area contributed by atoms with E-state index < -0.39 is 18.1 Å². The van der Waals surface area contributed by atoms with Crippen molar-refractivity contribution in [1.29, 1.82) is 0 Å². The third-order valence-corrected chi connectivity index (χ3v) is 9.91. The van der Waals surface area contributed by atoms with Crippen LogP contribution in [0, 0.1) is 23.7 Å². The number of likely N-dealkylation sites (tertiary alicyclic amines) is 1. The Hall–Kier alpha value is -6.41. The van der Waals surface area contributed by atoms with Crippen molar-refractivity contribution < 1.29 is 23.9 Å². The lowest BCUT2D eigenvalue weighted by Gasteiger charge is -2.29. The Bertz CT molecular complexity index is 2220. The van der Waals surface area contributed by atoms with Gasteiger partial charge < -0.3 is 34.9 Å². The maximum atomic E-state index is 14.3. The zero-order chi connectivity index (χ0) is 38.6. The van der Waals surface area contributed by atoms with Crippen LogP contribution in [0.3, 0.4) is 0 Å². The molecule has 0 unspecified atom stereocenters. The molecule has 55 heavy (non-hydrogen) atoms. The molecule has 13 heteroatoms. The number of para-hydroxylation sites is 1. The Morgan fingerprint density at radius 2 is 1.58 bits per heavy atom. The molecule has 0 spiro atoms. The highest BCUT2D eigenvalue weighted by molar-refractivity contribution is 7.19. The Labute approximate surface area is 324 Å². The number of aryl methyl sites for hydroxylation is 1. The topological polar surface area (TPSA) is 140 Å². The highest BCUT2D eigenvalue weighted by atomic mass is 32.1. The predicted octanol–water partition coefficient (Wildman–Crippen LogP) is 5.07. The normalized spacial score (nSPS) is 14.4. The Kier molecular flexibility index (Phi) is 12.9. The number of hydrogen-bond donors (Lipinski definition) is 3. The van der Waals surface area contributed by atoms with E-state index in [-0.39, 0.29) is 30.9 Å². The van der Waals surface area contributed by atoms with Gasteiger partial charge in [0.05, 0.1) is 6.04 Å². The van der Waals surface area contributed by atoms with Crippen LogP contribution >= 0.6 is 11.3 Å². The van der Waals surface area contributed by atoms with Gasteiger partial charge in [-0.1, -0.05) is 72.0 Å². The fourth-order valence-electron chi connectivity index (χ4n) is 5.89. The number of imidazole rings is 1. The molecule has 12 nitrogen and oxygen atoms in total. The number of aromatic nitrogens is 3. The average molecular weight is 756 g/mol. The molecule has 3 aromatic carbocycles. The molecule has 1 aliphatic heterocycles. The average Bonchev–Trinajstić information content (AvgIpc) is 3.98. The number of rotatable bonds is 13. The molecule has 6 rings (SSSR count). The molecule has 1 fully saturated rings. The zero-order valence-corrected chi connectivity index (χ0v) is 31.6. The van der Waals surface area contributed by atoms with Gasteiger partial charge in [0.25, 0.3) is 0 Å². The van der Waals surface area contributed by atoms with Crippen molar-refractivity contribution in [2.75, 3.05) is 32.1 Å². The van der Waals surface area contributed by atoms with Gasteiger partial charge in [-0.15, -0.1) is 0 Å². The first kappa shape index (κ1) is 38.3. The molecule has 5 aromatic rings. The first-order valence-electron chi connectivity index (χ1n) is 17.8. The monoisotopic (exact) mass is 755 g/mol. The minimum absolute atomic E-state index is 0.103. The van der Waals surface area contributed by atoms with Gasteiger partial charge in [0, 0.05) is 31.5 Å². The first-order chi connectivity index (χ1) is 26.8. The van der Waals surface area contributed by atoms with Gasteiger partial charge in [-0.3, -0.25) is 14.4 Å². The quantitative estimate of drug-likeness (QED) is 0.142. The van der Waals surface area contributed by atoms with E-state index in [9.17, 15) is 14.4 Å². The first-order valence-corrected chi connectivity index (χ1v) is 18.6. The number of carbonyl (C=O) groups excluding carboxylic acids is 3. The Balaban J connectivity index is 1.14. The van der Waals surface area contributed by atoms with E-state index in [0.717, 1.165) is 11.3 Å². The summed E-state index contributed by atoms with van der Waals surface area (Å²) in [6.45, 7) is 2.40.